The molecule has 0 aliphatic heterocycles. The summed E-state index contributed by atoms with van der Waals surface area (Å²) in [6.07, 6.45) is 9.59. The molecule has 2 N–H and O–H groups in total. The maximum absolute atomic E-state index is 10.9. The molecule has 0 unspecified atom stereocenters. The molecular weight excluding hydrogens is 288 g/mol. The van der Waals surface area contributed by atoms with E-state index in [0.29, 0.717) is 0 Å². The molecule has 2 fully saturated rings. The van der Waals surface area contributed by atoms with E-state index < -0.39 is 5.91 Å². The van der Waals surface area contributed by atoms with Gasteiger partial charge in [-0.25, -0.2) is 0 Å². The zero-order valence-electron chi connectivity index (χ0n) is 13.9. The van der Waals surface area contributed by atoms with Crippen LogP contribution in [0.2, 0.25) is 0 Å². The van der Waals surface area contributed by atoms with Crippen molar-refractivity contribution in [3.8, 4) is 5.75 Å². The normalized spacial score (nSPS) is 19.0. The fraction of sp³-hybridized carbons (Fsp3) is 0.632. The Balaban J connectivity index is 1.63. The Morgan fingerprint density at radius 1 is 1.17 bits per heavy atom. The van der Waals surface area contributed by atoms with Gasteiger partial charge < -0.3 is 10.5 Å². The Hall–Kier alpha value is -1.55. The number of benzene rings is 1. The van der Waals surface area contributed by atoms with Crippen molar-refractivity contribution in [3.05, 3.63) is 29.8 Å². The second-order valence-corrected chi connectivity index (χ2v) is 7.07. The third-order valence-corrected chi connectivity index (χ3v) is 4.95. The lowest BCUT2D eigenvalue weighted by atomic mass is 9.93. The molecule has 0 atom stereocenters. The summed E-state index contributed by atoms with van der Waals surface area (Å²) in [6, 6.07) is 8.82. The smallest absolute Gasteiger partial charge is 0.255 e. The van der Waals surface area contributed by atoms with E-state index in [2.05, 4.69) is 11.0 Å². The number of amides is 1. The molecule has 0 spiro atoms. The van der Waals surface area contributed by atoms with Gasteiger partial charge in [0, 0.05) is 19.1 Å². The molecule has 0 aromatic heterocycles. The van der Waals surface area contributed by atoms with Gasteiger partial charge in [0.1, 0.15) is 5.75 Å². The highest BCUT2D eigenvalue weighted by Crippen LogP contribution is 2.33. The average molecular weight is 316 g/mol. The van der Waals surface area contributed by atoms with Crippen LogP contribution in [-0.4, -0.2) is 30.0 Å². The van der Waals surface area contributed by atoms with Crippen molar-refractivity contribution in [2.45, 2.75) is 57.5 Å². The van der Waals surface area contributed by atoms with Crippen molar-refractivity contribution < 1.29 is 9.53 Å². The number of hydrogen-bond donors (Lipinski definition) is 1. The third kappa shape index (κ3) is 5.24. The highest BCUT2D eigenvalue weighted by Gasteiger charge is 2.28. The van der Waals surface area contributed by atoms with Crippen LogP contribution >= 0.6 is 0 Å². The van der Waals surface area contributed by atoms with Crippen molar-refractivity contribution in [2.75, 3.05) is 13.2 Å². The van der Waals surface area contributed by atoms with Crippen molar-refractivity contribution in [1.29, 1.82) is 0 Å². The van der Waals surface area contributed by atoms with Crippen LogP contribution in [0.3, 0.4) is 0 Å². The molecule has 126 valence electrons. The first kappa shape index (κ1) is 16.3. The Morgan fingerprint density at radius 3 is 2.65 bits per heavy atom. The van der Waals surface area contributed by atoms with E-state index in [1.165, 1.54) is 57.1 Å². The molecule has 23 heavy (non-hydrogen) atoms. The van der Waals surface area contributed by atoms with Gasteiger partial charge in [0.25, 0.3) is 5.91 Å². The van der Waals surface area contributed by atoms with E-state index in [9.17, 15) is 4.79 Å². The second-order valence-electron chi connectivity index (χ2n) is 7.07. The summed E-state index contributed by atoms with van der Waals surface area (Å²) in [7, 11) is 0. The first-order valence-electron chi connectivity index (χ1n) is 8.95. The molecule has 4 heteroatoms. The quantitative estimate of drug-likeness (QED) is 0.802. The van der Waals surface area contributed by atoms with Crippen LogP contribution in [0, 0.1) is 5.92 Å². The Labute approximate surface area is 139 Å². The third-order valence-electron chi connectivity index (χ3n) is 4.95. The molecule has 4 nitrogen and oxygen atoms in total. The summed E-state index contributed by atoms with van der Waals surface area (Å²) in [5.41, 5.74) is 6.41. The molecule has 1 aromatic carbocycles. The van der Waals surface area contributed by atoms with Gasteiger partial charge in [0.2, 0.25) is 0 Å². The number of primary amides is 1. The summed E-state index contributed by atoms with van der Waals surface area (Å²) in [4.78, 5) is 13.5. The molecule has 0 bridgehead atoms. The largest absolute Gasteiger partial charge is 0.484 e. The van der Waals surface area contributed by atoms with Crippen LogP contribution in [0.15, 0.2) is 24.3 Å². The summed E-state index contributed by atoms with van der Waals surface area (Å²) in [5, 5.41) is 0. The maximum atomic E-state index is 10.9. The highest BCUT2D eigenvalue weighted by molar-refractivity contribution is 5.75. The first-order chi connectivity index (χ1) is 11.2. The molecule has 0 saturated heterocycles. The predicted octanol–water partition coefficient (Wildman–Crippen LogP) is 3.10. The topological polar surface area (TPSA) is 55.6 Å². The number of rotatable bonds is 8. The minimum atomic E-state index is -0.437. The molecule has 1 aromatic rings. The number of carbonyl (C=O) groups is 1. The molecule has 2 aliphatic rings. The van der Waals surface area contributed by atoms with Crippen LogP contribution in [-0.2, 0) is 11.3 Å². The SMILES string of the molecule is NC(=O)COc1cccc(CN(CC2CC2)C2CCCCC2)c1. The van der Waals surface area contributed by atoms with Crippen molar-refractivity contribution in [2.24, 2.45) is 11.7 Å². The molecular formula is C19H28N2O2. The summed E-state index contributed by atoms with van der Waals surface area (Å²) in [6.45, 7) is 2.16. The Morgan fingerprint density at radius 2 is 1.96 bits per heavy atom. The van der Waals surface area contributed by atoms with Crippen LogP contribution in [0.5, 0.6) is 5.75 Å². The van der Waals surface area contributed by atoms with Gasteiger partial charge in [-0.15, -0.1) is 0 Å². The fourth-order valence-corrected chi connectivity index (χ4v) is 3.54. The molecule has 0 radical (unpaired) electrons. The molecule has 3 rings (SSSR count). The minimum Gasteiger partial charge on any atom is -0.484 e. The van der Waals surface area contributed by atoms with Gasteiger partial charge >= 0.3 is 0 Å². The van der Waals surface area contributed by atoms with E-state index in [4.69, 9.17) is 10.5 Å². The van der Waals surface area contributed by atoms with Gasteiger partial charge in [0.05, 0.1) is 0 Å². The molecule has 0 heterocycles. The summed E-state index contributed by atoms with van der Waals surface area (Å²) in [5.74, 6) is 1.20. The number of hydrogen-bond acceptors (Lipinski definition) is 3. The molecule has 2 saturated carbocycles. The fourth-order valence-electron chi connectivity index (χ4n) is 3.54. The Bertz CT molecular complexity index is 522. The minimum absolute atomic E-state index is 0.0577. The average Bonchev–Trinajstić information content (AvgIpc) is 3.38. The number of ether oxygens (including phenoxy) is 1. The van der Waals surface area contributed by atoms with Gasteiger partial charge in [-0.05, 0) is 49.3 Å². The number of nitrogens with two attached hydrogens (primary N) is 1. The van der Waals surface area contributed by atoms with E-state index >= 15 is 0 Å². The van der Waals surface area contributed by atoms with Crippen molar-refractivity contribution in [1.82, 2.24) is 4.90 Å². The molecule has 2 aliphatic carbocycles. The zero-order valence-corrected chi connectivity index (χ0v) is 13.9. The second kappa shape index (κ2) is 7.82. The zero-order chi connectivity index (χ0) is 16.1. The lowest BCUT2D eigenvalue weighted by Crippen LogP contribution is -2.37. The van der Waals surface area contributed by atoms with E-state index in [1.54, 1.807) is 0 Å². The maximum Gasteiger partial charge on any atom is 0.255 e. The number of carbonyl (C=O) groups excluding carboxylic acids is 1. The van der Waals surface area contributed by atoms with Gasteiger partial charge in [-0.2, -0.15) is 0 Å². The van der Waals surface area contributed by atoms with Crippen LogP contribution in [0.25, 0.3) is 0 Å². The standard InChI is InChI=1S/C19H28N2O2/c20-19(22)14-23-18-8-4-5-16(11-18)13-21(12-15-9-10-15)17-6-2-1-3-7-17/h4-5,8,11,15,17H,1-3,6-7,9-10,12-14H2,(H2,20,22). The van der Waals surface area contributed by atoms with Crippen molar-refractivity contribution >= 4 is 5.91 Å². The number of nitrogens with zero attached hydrogens (tertiary/aromatic N) is 1. The lowest BCUT2D eigenvalue weighted by Gasteiger charge is -2.34. The first-order valence-corrected chi connectivity index (χ1v) is 8.95. The van der Waals surface area contributed by atoms with Crippen LogP contribution < -0.4 is 10.5 Å². The van der Waals surface area contributed by atoms with Crippen molar-refractivity contribution in [3.63, 3.8) is 0 Å². The van der Waals surface area contributed by atoms with Gasteiger partial charge in [0.15, 0.2) is 6.61 Å². The highest BCUT2D eigenvalue weighted by atomic mass is 16.5. The lowest BCUT2D eigenvalue weighted by molar-refractivity contribution is -0.119. The molecule has 1 amide bonds. The predicted molar refractivity (Wildman–Crippen MR) is 91.1 cm³/mol. The van der Waals surface area contributed by atoms with E-state index in [-0.39, 0.29) is 6.61 Å². The summed E-state index contributed by atoms with van der Waals surface area (Å²) < 4.78 is 5.44. The van der Waals surface area contributed by atoms with Crippen LogP contribution in [0.4, 0.5) is 0 Å². The van der Waals surface area contributed by atoms with Gasteiger partial charge in [-0.3, -0.25) is 9.69 Å². The van der Waals surface area contributed by atoms with Crippen LogP contribution in [0.1, 0.15) is 50.5 Å². The summed E-state index contributed by atoms with van der Waals surface area (Å²) >= 11 is 0. The van der Waals surface area contributed by atoms with Gasteiger partial charge in [-0.1, -0.05) is 31.4 Å². The van der Waals surface area contributed by atoms with E-state index in [1.807, 2.05) is 18.2 Å². The Kier molecular flexibility index (Phi) is 5.55. The van der Waals surface area contributed by atoms with E-state index in [0.717, 1.165) is 24.3 Å². The monoisotopic (exact) mass is 316 g/mol.